The van der Waals surface area contributed by atoms with Crippen molar-refractivity contribution < 1.29 is 18.7 Å². The van der Waals surface area contributed by atoms with Gasteiger partial charge in [-0.25, -0.2) is 13.6 Å². The average molecular weight is 317 g/mol. The van der Waals surface area contributed by atoms with E-state index in [0.29, 0.717) is 0 Å². The number of benzene rings is 2. The number of nitrogens with zero attached hydrogens (tertiary/aromatic N) is 1. The first-order valence-electron chi connectivity index (χ1n) is 7.14. The van der Waals surface area contributed by atoms with Gasteiger partial charge in [-0.3, -0.25) is 4.90 Å². The predicted octanol–water partition coefficient (Wildman–Crippen LogP) is 4.55. The Kier molecular flexibility index (Phi) is 5.46. The van der Waals surface area contributed by atoms with E-state index in [0.717, 1.165) is 23.8 Å². The number of halogens is 2. The minimum absolute atomic E-state index is 0.0851. The normalized spacial score (nSPS) is 12.3. The van der Waals surface area contributed by atoms with Crippen LogP contribution in [0.25, 0.3) is 6.08 Å². The molecule has 1 N–H and O–H groups in total. The Morgan fingerprint density at radius 3 is 2.57 bits per heavy atom. The number of amides is 1. The van der Waals surface area contributed by atoms with Gasteiger partial charge in [0.1, 0.15) is 11.6 Å². The van der Waals surface area contributed by atoms with Gasteiger partial charge in [0.15, 0.2) is 0 Å². The van der Waals surface area contributed by atoms with E-state index in [1.54, 1.807) is 6.92 Å². The van der Waals surface area contributed by atoms with Gasteiger partial charge >= 0.3 is 6.09 Å². The van der Waals surface area contributed by atoms with Gasteiger partial charge in [0.2, 0.25) is 0 Å². The lowest BCUT2D eigenvalue weighted by molar-refractivity contribution is 0.134. The fourth-order valence-electron chi connectivity index (χ4n) is 2.16. The Labute approximate surface area is 133 Å². The highest BCUT2D eigenvalue weighted by molar-refractivity contribution is 5.66. The van der Waals surface area contributed by atoms with E-state index in [9.17, 15) is 18.7 Å². The minimum atomic E-state index is -1.08. The molecule has 3 nitrogen and oxygen atoms in total. The van der Waals surface area contributed by atoms with Crippen LogP contribution in [-0.2, 0) is 6.54 Å². The van der Waals surface area contributed by atoms with Gasteiger partial charge in [-0.05, 0) is 30.7 Å². The molecule has 0 saturated carbocycles. The molecule has 0 unspecified atom stereocenters. The lowest BCUT2D eigenvalue weighted by atomic mass is 10.1. The highest BCUT2D eigenvalue weighted by Gasteiger charge is 2.17. The summed E-state index contributed by atoms with van der Waals surface area (Å²) in [6.45, 7) is 1.90. The van der Waals surface area contributed by atoms with Crippen LogP contribution in [0, 0.1) is 11.6 Å². The molecule has 0 aromatic heterocycles. The largest absolute Gasteiger partial charge is 0.465 e. The van der Waals surface area contributed by atoms with Gasteiger partial charge in [-0.2, -0.15) is 0 Å². The molecule has 2 rings (SSSR count). The van der Waals surface area contributed by atoms with Crippen molar-refractivity contribution in [2.45, 2.75) is 19.5 Å². The van der Waals surface area contributed by atoms with Crippen LogP contribution in [0.2, 0.25) is 0 Å². The SMILES string of the molecule is C[C@H](C=Cc1cc(F)ccc1F)N(Cc1ccccc1)C(=O)O. The Morgan fingerprint density at radius 1 is 1.22 bits per heavy atom. The highest BCUT2D eigenvalue weighted by atomic mass is 19.1. The van der Waals surface area contributed by atoms with E-state index in [1.807, 2.05) is 30.3 Å². The molecule has 0 aliphatic rings. The van der Waals surface area contributed by atoms with Crippen LogP contribution in [-0.4, -0.2) is 22.1 Å². The van der Waals surface area contributed by atoms with Gasteiger partial charge < -0.3 is 5.11 Å². The molecule has 2 aromatic carbocycles. The zero-order valence-corrected chi connectivity index (χ0v) is 12.6. The van der Waals surface area contributed by atoms with Crippen LogP contribution in [0.4, 0.5) is 13.6 Å². The summed E-state index contributed by atoms with van der Waals surface area (Å²) in [6.07, 6.45) is 1.85. The summed E-state index contributed by atoms with van der Waals surface area (Å²) in [5.41, 5.74) is 0.939. The second-order valence-corrected chi connectivity index (χ2v) is 5.16. The molecule has 2 aromatic rings. The average Bonchev–Trinajstić information content (AvgIpc) is 2.54. The predicted molar refractivity (Wildman–Crippen MR) is 84.9 cm³/mol. The molecule has 1 atom stereocenters. The lowest BCUT2D eigenvalue weighted by Crippen LogP contribution is -2.35. The van der Waals surface area contributed by atoms with E-state index in [1.165, 1.54) is 17.1 Å². The molecule has 0 spiro atoms. The molecule has 0 saturated heterocycles. The molecule has 0 radical (unpaired) electrons. The Hall–Kier alpha value is -2.69. The van der Waals surface area contributed by atoms with Crippen LogP contribution < -0.4 is 0 Å². The van der Waals surface area contributed by atoms with E-state index >= 15 is 0 Å². The first-order valence-corrected chi connectivity index (χ1v) is 7.14. The molecular formula is C18H17F2NO2. The Morgan fingerprint density at radius 2 is 1.91 bits per heavy atom. The molecule has 0 aliphatic heterocycles. The van der Waals surface area contributed by atoms with Crippen molar-refractivity contribution in [1.82, 2.24) is 4.90 Å². The van der Waals surface area contributed by atoms with Crippen molar-refractivity contribution in [3.05, 3.63) is 77.4 Å². The van der Waals surface area contributed by atoms with E-state index in [-0.39, 0.29) is 12.1 Å². The van der Waals surface area contributed by atoms with Gasteiger partial charge in [-0.1, -0.05) is 42.5 Å². The number of rotatable bonds is 5. The van der Waals surface area contributed by atoms with Crippen LogP contribution >= 0.6 is 0 Å². The second-order valence-electron chi connectivity index (χ2n) is 5.16. The highest BCUT2D eigenvalue weighted by Crippen LogP contribution is 2.14. The molecule has 120 valence electrons. The van der Waals surface area contributed by atoms with Crippen LogP contribution in [0.5, 0.6) is 0 Å². The first-order chi connectivity index (χ1) is 11.0. The van der Waals surface area contributed by atoms with Crippen molar-refractivity contribution in [3.8, 4) is 0 Å². The number of hydrogen-bond acceptors (Lipinski definition) is 1. The fraction of sp³-hybridized carbons (Fsp3) is 0.167. The number of hydrogen-bond donors (Lipinski definition) is 1. The molecule has 0 fully saturated rings. The molecule has 5 heteroatoms. The summed E-state index contributed by atoms with van der Waals surface area (Å²) in [4.78, 5) is 12.7. The molecule has 0 aliphatic carbocycles. The summed E-state index contributed by atoms with van der Waals surface area (Å²) in [5, 5.41) is 9.36. The number of carbonyl (C=O) groups is 1. The van der Waals surface area contributed by atoms with Crippen molar-refractivity contribution in [1.29, 1.82) is 0 Å². The smallest absolute Gasteiger partial charge is 0.408 e. The topological polar surface area (TPSA) is 40.5 Å². The Bertz CT molecular complexity index is 701. The Balaban J connectivity index is 2.15. The maximum atomic E-state index is 13.6. The third kappa shape index (κ3) is 4.64. The fourth-order valence-corrected chi connectivity index (χ4v) is 2.16. The van der Waals surface area contributed by atoms with Gasteiger partial charge in [-0.15, -0.1) is 0 Å². The van der Waals surface area contributed by atoms with E-state index in [2.05, 4.69) is 0 Å². The van der Waals surface area contributed by atoms with Crippen molar-refractivity contribution in [2.24, 2.45) is 0 Å². The first kappa shape index (κ1) is 16.7. The maximum absolute atomic E-state index is 13.6. The lowest BCUT2D eigenvalue weighted by Gasteiger charge is -2.24. The van der Waals surface area contributed by atoms with E-state index < -0.39 is 23.8 Å². The quantitative estimate of drug-likeness (QED) is 0.879. The van der Waals surface area contributed by atoms with Crippen LogP contribution in [0.1, 0.15) is 18.1 Å². The number of carboxylic acid groups (broad SMARTS) is 1. The summed E-state index contributed by atoms with van der Waals surface area (Å²) in [7, 11) is 0. The van der Waals surface area contributed by atoms with Crippen molar-refractivity contribution in [3.63, 3.8) is 0 Å². The molecule has 1 amide bonds. The third-order valence-corrected chi connectivity index (χ3v) is 3.45. The standard InChI is InChI=1S/C18H17F2NO2/c1-13(7-8-15-11-16(19)9-10-17(15)20)21(18(22)23)12-14-5-3-2-4-6-14/h2-11,13H,12H2,1H3,(H,22,23)/t13-/m1/s1. The minimum Gasteiger partial charge on any atom is -0.465 e. The van der Waals surface area contributed by atoms with Gasteiger partial charge in [0, 0.05) is 12.1 Å². The van der Waals surface area contributed by atoms with Crippen molar-refractivity contribution >= 4 is 12.2 Å². The van der Waals surface area contributed by atoms with Crippen molar-refractivity contribution in [2.75, 3.05) is 0 Å². The summed E-state index contributed by atoms with van der Waals surface area (Å²) in [6, 6.07) is 11.8. The molecule has 23 heavy (non-hydrogen) atoms. The monoisotopic (exact) mass is 317 g/mol. The van der Waals surface area contributed by atoms with Gasteiger partial charge in [0.25, 0.3) is 0 Å². The van der Waals surface area contributed by atoms with E-state index in [4.69, 9.17) is 0 Å². The summed E-state index contributed by atoms with van der Waals surface area (Å²) >= 11 is 0. The zero-order chi connectivity index (χ0) is 16.8. The van der Waals surface area contributed by atoms with Crippen LogP contribution in [0.15, 0.2) is 54.6 Å². The molecular weight excluding hydrogens is 300 g/mol. The second kappa shape index (κ2) is 7.54. The summed E-state index contributed by atoms with van der Waals surface area (Å²) < 4.78 is 26.7. The molecule has 0 heterocycles. The summed E-state index contributed by atoms with van der Waals surface area (Å²) in [5.74, 6) is -1.10. The zero-order valence-electron chi connectivity index (χ0n) is 12.6. The van der Waals surface area contributed by atoms with Crippen LogP contribution in [0.3, 0.4) is 0 Å². The van der Waals surface area contributed by atoms with Gasteiger partial charge in [0.05, 0.1) is 6.04 Å². The maximum Gasteiger partial charge on any atom is 0.408 e. The molecule has 0 bridgehead atoms. The third-order valence-electron chi connectivity index (χ3n) is 3.45.